The van der Waals surface area contributed by atoms with Crippen molar-refractivity contribution in [2.24, 2.45) is 17.8 Å². The van der Waals surface area contributed by atoms with Crippen LogP contribution < -0.4 is 10.6 Å². The summed E-state index contributed by atoms with van der Waals surface area (Å²) in [6.45, 7) is 6.13. The van der Waals surface area contributed by atoms with Crippen molar-refractivity contribution in [3.05, 3.63) is 29.3 Å². The summed E-state index contributed by atoms with van der Waals surface area (Å²) in [6, 6.07) is 5.49. The van der Waals surface area contributed by atoms with E-state index in [1.54, 1.807) is 40.9 Å². The summed E-state index contributed by atoms with van der Waals surface area (Å²) in [5.74, 6) is -1.85. The van der Waals surface area contributed by atoms with Crippen LogP contribution in [0.15, 0.2) is 24.3 Å². The minimum atomic E-state index is -0.806. The van der Waals surface area contributed by atoms with E-state index in [1.165, 1.54) is 0 Å². The van der Waals surface area contributed by atoms with Crippen molar-refractivity contribution in [3.63, 3.8) is 0 Å². The Kier molecular flexibility index (Phi) is 7.58. The molecule has 3 unspecified atom stereocenters. The number of hydrogen-bond acceptors (Lipinski definition) is 5. The molecule has 1 spiro atoms. The summed E-state index contributed by atoms with van der Waals surface area (Å²) >= 11 is 11.3. The maximum atomic E-state index is 14.0. The highest BCUT2D eigenvalue weighted by molar-refractivity contribution is 9.09. The van der Waals surface area contributed by atoms with Gasteiger partial charge in [0.15, 0.2) is 0 Å². The Bertz CT molecular complexity index is 964. The highest BCUT2D eigenvalue weighted by atomic mass is 79.9. The monoisotopic (exact) mass is 571 g/mol. The Hall–Kier alpha value is -1.29. The van der Waals surface area contributed by atoms with E-state index >= 15 is 0 Å². The maximum absolute atomic E-state index is 14.0. The fourth-order valence-electron chi connectivity index (χ4n) is 5.75. The summed E-state index contributed by atoms with van der Waals surface area (Å²) in [5.41, 5.74) is 0.580. The zero-order valence-electron chi connectivity index (χ0n) is 19.5. The van der Waals surface area contributed by atoms with E-state index in [2.05, 4.69) is 26.6 Å². The lowest BCUT2D eigenvalue weighted by Crippen LogP contribution is -2.56. The van der Waals surface area contributed by atoms with Gasteiger partial charge in [0.2, 0.25) is 17.7 Å². The average molecular weight is 573 g/mol. The summed E-state index contributed by atoms with van der Waals surface area (Å²) in [6.07, 6.45) is 1.40. The van der Waals surface area contributed by atoms with E-state index in [4.69, 9.17) is 11.6 Å². The molecule has 34 heavy (non-hydrogen) atoms. The summed E-state index contributed by atoms with van der Waals surface area (Å²) < 4.78 is -0.747. The second-order valence-corrected chi connectivity index (χ2v) is 12.8. The number of likely N-dealkylation sites (tertiary alicyclic amines) is 1. The summed E-state index contributed by atoms with van der Waals surface area (Å²) in [5, 5.41) is 16.6. The molecule has 3 heterocycles. The van der Waals surface area contributed by atoms with Gasteiger partial charge in [-0.25, -0.2) is 0 Å². The summed E-state index contributed by atoms with van der Waals surface area (Å²) in [7, 11) is 0. The predicted octanol–water partition coefficient (Wildman–Crippen LogP) is 3.29. The molecule has 0 saturated carbocycles. The van der Waals surface area contributed by atoms with E-state index in [1.807, 2.05) is 20.8 Å². The van der Waals surface area contributed by atoms with Crippen LogP contribution >= 0.6 is 39.3 Å². The fourth-order valence-corrected chi connectivity index (χ4v) is 9.48. The quantitative estimate of drug-likeness (QED) is 0.415. The predicted molar refractivity (Wildman–Crippen MR) is 138 cm³/mol. The van der Waals surface area contributed by atoms with Crippen LogP contribution in [0.2, 0.25) is 5.02 Å². The van der Waals surface area contributed by atoms with E-state index in [9.17, 15) is 19.5 Å². The van der Waals surface area contributed by atoms with Gasteiger partial charge < -0.3 is 20.6 Å². The second kappa shape index (κ2) is 9.99. The molecule has 4 rings (SSSR count). The normalized spacial score (nSPS) is 32.7. The Morgan fingerprint density at radius 2 is 1.97 bits per heavy atom. The number of alkyl halides is 1. The molecule has 3 fully saturated rings. The Labute approximate surface area is 217 Å². The van der Waals surface area contributed by atoms with Crippen molar-refractivity contribution in [1.82, 2.24) is 10.2 Å². The van der Waals surface area contributed by atoms with Crippen molar-refractivity contribution in [2.75, 3.05) is 18.5 Å². The molecule has 3 N–H and O–H groups in total. The number of benzene rings is 1. The van der Waals surface area contributed by atoms with Crippen LogP contribution in [0.4, 0.5) is 5.69 Å². The third kappa shape index (κ3) is 4.16. The molecule has 1 aromatic rings. The van der Waals surface area contributed by atoms with E-state index in [0.29, 0.717) is 23.7 Å². The molecule has 0 aromatic heterocycles. The average Bonchev–Trinajstić information content (AvgIpc) is 3.38. The molecule has 0 radical (unpaired) electrons. The van der Waals surface area contributed by atoms with Crippen molar-refractivity contribution in [2.45, 2.75) is 60.5 Å². The zero-order chi connectivity index (χ0) is 24.8. The first-order valence-corrected chi connectivity index (χ1v) is 13.9. The number of aliphatic hydroxyl groups is 1. The fraction of sp³-hybridized carbons (Fsp3) is 0.625. The van der Waals surface area contributed by atoms with Crippen LogP contribution in [0.1, 0.15) is 33.6 Å². The van der Waals surface area contributed by atoms with Crippen LogP contribution in [-0.2, 0) is 14.4 Å². The Morgan fingerprint density at radius 1 is 1.29 bits per heavy atom. The highest BCUT2D eigenvalue weighted by Gasteiger charge is 2.76. The molecule has 0 aliphatic carbocycles. The van der Waals surface area contributed by atoms with Crippen molar-refractivity contribution in [1.29, 1.82) is 0 Å². The smallest absolute Gasteiger partial charge is 0.248 e. The van der Waals surface area contributed by atoms with Gasteiger partial charge in [-0.05, 0) is 43.0 Å². The number of carbonyl (C=O) groups is 3. The lowest BCUT2D eigenvalue weighted by atomic mass is 9.70. The minimum Gasteiger partial charge on any atom is -0.394 e. The number of nitrogens with one attached hydrogen (secondary N) is 2. The SMILES string of the molecule is CCCNC(=O)[C@H]1[C@H]2C(=O)N([C@@H](CO)C(C)C)C(C(=O)Nc3ccc(Cl)cc3)C23CC(Br)[C@@H]1S3. The number of rotatable bonds is 8. The largest absolute Gasteiger partial charge is 0.394 e. The van der Waals surface area contributed by atoms with Crippen LogP contribution in [0, 0.1) is 17.8 Å². The molecule has 10 heteroatoms. The highest BCUT2D eigenvalue weighted by Crippen LogP contribution is 2.68. The van der Waals surface area contributed by atoms with E-state index < -0.39 is 28.7 Å². The minimum absolute atomic E-state index is 0.0105. The summed E-state index contributed by atoms with van der Waals surface area (Å²) in [4.78, 5) is 42.6. The van der Waals surface area contributed by atoms with Crippen LogP contribution in [-0.4, -0.2) is 67.8 Å². The van der Waals surface area contributed by atoms with Gasteiger partial charge in [0.1, 0.15) is 6.04 Å². The first-order valence-electron chi connectivity index (χ1n) is 11.7. The van der Waals surface area contributed by atoms with Gasteiger partial charge in [0.25, 0.3) is 0 Å². The van der Waals surface area contributed by atoms with Gasteiger partial charge in [-0.2, -0.15) is 0 Å². The molecule has 3 saturated heterocycles. The standard InChI is InChI=1S/C24H31BrClN3O4S/c1-4-9-27-21(31)17-18-23(33)29(16(11-30)12(2)3)20(24(18)10-15(25)19(17)34-24)22(32)28-14-7-5-13(26)6-8-14/h5-8,12,15-20,30H,4,9-11H2,1-3H3,(H,27,31)(H,28,32)/t15?,16-,17-,18-,19-,20?,24?/m0/s1. The Morgan fingerprint density at radius 3 is 2.56 bits per heavy atom. The maximum Gasteiger partial charge on any atom is 0.248 e. The van der Waals surface area contributed by atoms with Crippen molar-refractivity contribution in [3.8, 4) is 0 Å². The lowest BCUT2D eigenvalue weighted by molar-refractivity contribution is -0.142. The molecule has 7 nitrogen and oxygen atoms in total. The van der Waals surface area contributed by atoms with Gasteiger partial charge in [-0.1, -0.05) is 48.3 Å². The second-order valence-electron chi connectivity index (χ2n) is 9.69. The Balaban J connectivity index is 1.75. The topological polar surface area (TPSA) is 98.7 Å². The van der Waals surface area contributed by atoms with Gasteiger partial charge in [-0.3, -0.25) is 14.4 Å². The number of anilines is 1. The van der Waals surface area contributed by atoms with Gasteiger partial charge in [0, 0.05) is 27.3 Å². The number of nitrogens with zero attached hydrogens (tertiary/aromatic N) is 1. The van der Waals surface area contributed by atoms with Gasteiger partial charge >= 0.3 is 0 Å². The third-order valence-corrected chi connectivity index (χ3v) is 10.7. The molecular formula is C24H31BrClN3O4S. The molecule has 7 atom stereocenters. The molecule has 3 aliphatic rings. The molecule has 1 aromatic carbocycles. The molecule has 3 amide bonds. The van der Waals surface area contributed by atoms with Crippen LogP contribution in [0.3, 0.4) is 0 Å². The first-order chi connectivity index (χ1) is 16.2. The van der Waals surface area contributed by atoms with Crippen molar-refractivity contribution < 1.29 is 19.5 Å². The number of halogens is 2. The number of thioether (sulfide) groups is 1. The van der Waals surface area contributed by atoms with E-state index in [-0.39, 0.29) is 40.3 Å². The number of amides is 3. The van der Waals surface area contributed by atoms with E-state index in [0.717, 1.165) is 6.42 Å². The lowest BCUT2D eigenvalue weighted by Gasteiger charge is -2.38. The third-order valence-electron chi connectivity index (χ3n) is 7.25. The van der Waals surface area contributed by atoms with Gasteiger partial charge in [-0.15, -0.1) is 11.8 Å². The van der Waals surface area contributed by atoms with Crippen LogP contribution in [0.25, 0.3) is 0 Å². The number of aliphatic hydroxyl groups excluding tert-OH is 1. The van der Waals surface area contributed by atoms with Gasteiger partial charge in [0.05, 0.1) is 29.2 Å². The van der Waals surface area contributed by atoms with Crippen LogP contribution in [0.5, 0.6) is 0 Å². The zero-order valence-corrected chi connectivity index (χ0v) is 22.6. The number of hydrogen-bond donors (Lipinski definition) is 3. The number of fused-ring (bicyclic) bond motifs is 1. The first kappa shape index (κ1) is 25.8. The molecular weight excluding hydrogens is 542 g/mol. The van der Waals surface area contributed by atoms with Crippen molar-refractivity contribution >= 4 is 62.7 Å². The molecule has 2 bridgehead atoms. The number of carbonyl (C=O) groups excluding carboxylic acids is 3. The molecule has 3 aliphatic heterocycles. The molecule has 186 valence electrons.